The molecule has 1 N–H and O–H groups in total. The van der Waals surface area contributed by atoms with Crippen LogP contribution in [0.3, 0.4) is 0 Å². The number of fused-ring (bicyclic) bond motifs is 3. The van der Waals surface area contributed by atoms with Crippen LogP contribution in [-0.2, 0) is 9.84 Å². The normalized spacial score (nSPS) is 25.5. The summed E-state index contributed by atoms with van der Waals surface area (Å²) >= 11 is 0. The van der Waals surface area contributed by atoms with Crippen LogP contribution in [0.1, 0.15) is 31.2 Å². The number of hydrogen-bond acceptors (Lipinski definition) is 4. The number of rotatable bonds is 2. The van der Waals surface area contributed by atoms with E-state index in [2.05, 4.69) is 24.2 Å². The van der Waals surface area contributed by atoms with Gasteiger partial charge in [-0.05, 0) is 74.3 Å². The van der Waals surface area contributed by atoms with Crippen LogP contribution >= 0.6 is 0 Å². The highest BCUT2D eigenvalue weighted by Crippen LogP contribution is 2.45. The zero-order valence-corrected chi connectivity index (χ0v) is 15.8. The fourth-order valence-corrected chi connectivity index (χ4v) is 5.62. The molecule has 6 heteroatoms. The third-order valence-corrected chi connectivity index (χ3v) is 7.49. The van der Waals surface area contributed by atoms with E-state index in [1.54, 1.807) is 6.07 Å². The maximum absolute atomic E-state index is 13.1. The molecule has 2 aliphatic rings. The number of hydrogen-bond donors (Lipinski definition) is 1. The first-order valence-electron chi connectivity index (χ1n) is 8.99. The van der Waals surface area contributed by atoms with E-state index in [1.807, 2.05) is 12.1 Å². The Hall–Kier alpha value is -1.92. The van der Waals surface area contributed by atoms with Gasteiger partial charge in [0.1, 0.15) is 5.82 Å². The van der Waals surface area contributed by atoms with E-state index in [0.29, 0.717) is 18.0 Å². The summed E-state index contributed by atoms with van der Waals surface area (Å²) in [5.74, 6) is -0.113. The van der Waals surface area contributed by atoms with Gasteiger partial charge < -0.3 is 10.2 Å². The van der Waals surface area contributed by atoms with E-state index in [1.165, 1.54) is 24.3 Å². The molecule has 2 unspecified atom stereocenters. The maximum Gasteiger partial charge on any atom is 0.206 e. The molecule has 4 rings (SSSR count). The zero-order valence-electron chi connectivity index (χ0n) is 14.9. The molecule has 1 fully saturated rings. The molecule has 2 aromatic rings. The lowest BCUT2D eigenvalue weighted by Gasteiger charge is -2.26. The van der Waals surface area contributed by atoms with Crippen molar-refractivity contribution in [3.63, 3.8) is 0 Å². The minimum Gasteiger partial charge on any atom is -0.371 e. The lowest BCUT2D eigenvalue weighted by Crippen LogP contribution is -2.34. The van der Waals surface area contributed by atoms with E-state index in [9.17, 15) is 12.8 Å². The molecule has 0 spiro atoms. The van der Waals surface area contributed by atoms with Crippen LogP contribution in [0.4, 0.5) is 10.1 Å². The number of benzene rings is 2. The molecule has 138 valence electrons. The molecule has 0 amide bonds. The summed E-state index contributed by atoms with van der Waals surface area (Å²) in [4.78, 5) is 2.69. The van der Waals surface area contributed by atoms with Crippen molar-refractivity contribution in [1.82, 2.24) is 5.32 Å². The van der Waals surface area contributed by atoms with Crippen molar-refractivity contribution < 1.29 is 12.8 Å². The fraction of sp³-hybridized carbons (Fsp3) is 0.400. The molecule has 1 saturated heterocycles. The van der Waals surface area contributed by atoms with Crippen LogP contribution in [0.15, 0.2) is 52.3 Å². The van der Waals surface area contributed by atoms with E-state index in [4.69, 9.17) is 0 Å². The van der Waals surface area contributed by atoms with E-state index in [0.717, 1.165) is 30.6 Å². The third kappa shape index (κ3) is 2.81. The van der Waals surface area contributed by atoms with Crippen LogP contribution < -0.4 is 10.2 Å². The van der Waals surface area contributed by atoms with E-state index >= 15 is 0 Å². The predicted octanol–water partition coefficient (Wildman–Crippen LogP) is 3.33. The molecule has 2 aliphatic heterocycles. The number of anilines is 1. The highest BCUT2D eigenvalue weighted by molar-refractivity contribution is 7.91. The Morgan fingerprint density at radius 1 is 1.12 bits per heavy atom. The number of nitrogens with one attached hydrogen (secondary N) is 1. The van der Waals surface area contributed by atoms with Crippen molar-refractivity contribution in [2.24, 2.45) is 0 Å². The van der Waals surface area contributed by atoms with Crippen molar-refractivity contribution in [1.29, 1.82) is 0 Å². The summed E-state index contributed by atoms with van der Waals surface area (Å²) in [6.45, 7) is 3.13. The Kier molecular flexibility index (Phi) is 4.28. The quantitative estimate of drug-likeness (QED) is 0.819. The van der Waals surface area contributed by atoms with Gasteiger partial charge in [0.25, 0.3) is 0 Å². The van der Waals surface area contributed by atoms with Gasteiger partial charge >= 0.3 is 0 Å². The van der Waals surface area contributed by atoms with Crippen molar-refractivity contribution in [2.75, 3.05) is 18.5 Å². The molecular weight excluding hydrogens is 351 g/mol. The summed E-state index contributed by atoms with van der Waals surface area (Å²) in [7, 11) is -1.56. The van der Waals surface area contributed by atoms with Crippen molar-refractivity contribution in [3.05, 3.63) is 53.8 Å². The summed E-state index contributed by atoms with van der Waals surface area (Å²) in [5, 5.41) is 3.52. The zero-order chi connectivity index (χ0) is 18.5. The van der Waals surface area contributed by atoms with E-state index < -0.39 is 15.7 Å². The maximum atomic E-state index is 13.1. The average Bonchev–Trinajstić information content (AvgIpc) is 2.76. The highest BCUT2D eigenvalue weighted by Gasteiger charge is 2.39. The Morgan fingerprint density at radius 3 is 2.54 bits per heavy atom. The molecule has 0 radical (unpaired) electrons. The Balaban J connectivity index is 1.75. The summed E-state index contributed by atoms with van der Waals surface area (Å²) in [5.41, 5.74) is 2.23. The van der Waals surface area contributed by atoms with Gasteiger partial charge in [-0.25, -0.2) is 12.8 Å². The van der Waals surface area contributed by atoms with Gasteiger partial charge in [-0.3, -0.25) is 0 Å². The molecule has 4 nitrogen and oxygen atoms in total. The molecule has 2 aromatic carbocycles. The molecule has 0 aliphatic carbocycles. The second-order valence-electron chi connectivity index (χ2n) is 7.34. The molecule has 3 atom stereocenters. The van der Waals surface area contributed by atoms with Gasteiger partial charge in [0.05, 0.1) is 9.79 Å². The molecule has 0 saturated carbocycles. The highest BCUT2D eigenvalue weighted by atomic mass is 32.2. The first-order valence-corrected chi connectivity index (χ1v) is 10.5. The van der Waals surface area contributed by atoms with Crippen molar-refractivity contribution in [2.45, 2.75) is 47.6 Å². The molecule has 0 bridgehead atoms. The Morgan fingerprint density at radius 2 is 1.81 bits per heavy atom. The second-order valence-corrected chi connectivity index (χ2v) is 9.29. The molecule has 26 heavy (non-hydrogen) atoms. The summed E-state index contributed by atoms with van der Waals surface area (Å²) in [6, 6.07) is 11.3. The van der Waals surface area contributed by atoms with Gasteiger partial charge in [-0.2, -0.15) is 0 Å². The van der Waals surface area contributed by atoms with Crippen molar-refractivity contribution >= 4 is 15.5 Å². The third-order valence-electron chi connectivity index (χ3n) is 5.72. The minimum atomic E-state index is -3.65. The average molecular weight is 374 g/mol. The van der Waals surface area contributed by atoms with E-state index in [-0.39, 0.29) is 9.79 Å². The monoisotopic (exact) mass is 374 g/mol. The second kappa shape index (κ2) is 6.35. The lowest BCUT2D eigenvalue weighted by atomic mass is 9.90. The molecular formula is C20H23FN2O2S. The van der Waals surface area contributed by atoms with Gasteiger partial charge in [0, 0.05) is 30.7 Å². The standard InChI is InChI=1S/C20H23FN2O2S/c1-13-11-20-17(9-10-22-13)18-12-16(7-8-19(18)23(20)2)26(24,25)15-5-3-14(21)4-6-15/h3-8,12-13,17,20,22H,9-11H2,1-2H3/t13?,17-,20?/m1/s1. The SMILES string of the molecule is CC1CC2[C@H](CCN1)c1cc(S(=O)(=O)c3ccc(F)cc3)ccc1N2C. The number of halogens is 1. The number of sulfone groups is 1. The van der Waals surface area contributed by atoms with Gasteiger partial charge in [0.2, 0.25) is 9.84 Å². The largest absolute Gasteiger partial charge is 0.371 e. The first-order chi connectivity index (χ1) is 12.4. The lowest BCUT2D eigenvalue weighted by molar-refractivity contribution is 0.487. The minimum absolute atomic E-state index is 0.123. The first kappa shape index (κ1) is 17.5. The Labute approximate surface area is 153 Å². The number of likely N-dealkylation sites (N-methyl/N-ethyl adjacent to an activating group) is 1. The molecule has 2 heterocycles. The summed E-state index contributed by atoms with van der Waals surface area (Å²) < 4.78 is 39.1. The smallest absolute Gasteiger partial charge is 0.206 e. The summed E-state index contributed by atoms with van der Waals surface area (Å²) in [6.07, 6.45) is 2.03. The van der Waals surface area contributed by atoms with Crippen LogP contribution in [0, 0.1) is 5.82 Å². The van der Waals surface area contributed by atoms with Gasteiger partial charge in [-0.15, -0.1) is 0 Å². The van der Waals surface area contributed by atoms with Crippen LogP contribution in [-0.4, -0.2) is 34.1 Å². The van der Waals surface area contributed by atoms with Gasteiger partial charge in [0.15, 0.2) is 0 Å². The topological polar surface area (TPSA) is 49.4 Å². The Bertz CT molecular complexity index is 927. The molecule has 0 aromatic heterocycles. The van der Waals surface area contributed by atoms with Crippen molar-refractivity contribution in [3.8, 4) is 0 Å². The number of nitrogens with zero attached hydrogens (tertiary/aromatic N) is 1. The van der Waals surface area contributed by atoms with Crippen LogP contribution in [0.2, 0.25) is 0 Å². The predicted molar refractivity (Wildman–Crippen MR) is 99.9 cm³/mol. The van der Waals surface area contributed by atoms with Gasteiger partial charge in [-0.1, -0.05) is 0 Å². The fourth-order valence-electron chi connectivity index (χ4n) is 4.32. The van der Waals surface area contributed by atoms with Crippen LogP contribution in [0.5, 0.6) is 0 Å². The van der Waals surface area contributed by atoms with Crippen LogP contribution in [0.25, 0.3) is 0 Å².